The summed E-state index contributed by atoms with van der Waals surface area (Å²) in [5.41, 5.74) is 1.60. The molecule has 0 spiro atoms. The van der Waals surface area contributed by atoms with Gasteiger partial charge in [-0.05, 0) is 42.8 Å². The SMILES string of the molecule is CCN(Cc1ccc(F)c(C#N)c1)c1cccc(F)c1. The van der Waals surface area contributed by atoms with Gasteiger partial charge in [-0.25, -0.2) is 8.78 Å². The molecule has 0 N–H and O–H groups in total. The second kappa shape index (κ2) is 6.16. The highest BCUT2D eigenvalue weighted by Gasteiger charge is 2.08. The molecule has 0 saturated carbocycles. The second-order valence-electron chi connectivity index (χ2n) is 4.42. The van der Waals surface area contributed by atoms with Crippen molar-refractivity contribution in [3.63, 3.8) is 0 Å². The third-order valence-corrected chi connectivity index (χ3v) is 3.08. The number of hydrogen-bond donors (Lipinski definition) is 0. The number of hydrogen-bond acceptors (Lipinski definition) is 2. The van der Waals surface area contributed by atoms with Crippen molar-refractivity contribution >= 4 is 5.69 Å². The fraction of sp³-hybridized carbons (Fsp3) is 0.188. The summed E-state index contributed by atoms with van der Waals surface area (Å²) in [6.45, 7) is 3.14. The summed E-state index contributed by atoms with van der Waals surface area (Å²) in [5, 5.41) is 8.83. The van der Waals surface area contributed by atoms with Gasteiger partial charge in [-0.15, -0.1) is 0 Å². The molecule has 4 heteroatoms. The van der Waals surface area contributed by atoms with Crippen LogP contribution in [0.15, 0.2) is 42.5 Å². The molecule has 0 fully saturated rings. The van der Waals surface area contributed by atoms with E-state index in [2.05, 4.69) is 0 Å². The smallest absolute Gasteiger partial charge is 0.140 e. The summed E-state index contributed by atoms with van der Waals surface area (Å²) >= 11 is 0. The van der Waals surface area contributed by atoms with E-state index in [9.17, 15) is 8.78 Å². The van der Waals surface area contributed by atoms with Gasteiger partial charge in [0, 0.05) is 18.8 Å². The van der Waals surface area contributed by atoms with Crippen molar-refractivity contribution in [3.8, 4) is 6.07 Å². The monoisotopic (exact) mass is 272 g/mol. The first kappa shape index (κ1) is 14.0. The average Bonchev–Trinajstić information content (AvgIpc) is 2.46. The lowest BCUT2D eigenvalue weighted by molar-refractivity contribution is 0.622. The predicted molar refractivity (Wildman–Crippen MR) is 74.2 cm³/mol. The minimum absolute atomic E-state index is 0.0257. The number of benzene rings is 2. The van der Waals surface area contributed by atoms with Gasteiger partial charge in [0.2, 0.25) is 0 Å². The molecule has 0 atom stereocenters. The molecule has 0 aromatic heterocycles. The van der Waals surface area contributed by atoms with Crippen LogP contribution in [0.3, 0.4) is 0 Å². The molecule has 2 aromatic carbocycles. The zero-order chi connectivity index (χ0) is 14.5. The molecule has 0 radical (unpaired) electrons. The van der Waals surface area contributed by atoms with Crippen LogP contribution in [0, 0.1) is 23.0 Å². The topological polar surface area (TPSA) is 27.0 Å². The number of halogens is 2. The van der Waals surface area contributed by atoms with Gasteiger partial charge in [0.25, 0.3) is 0 Å². The van der Waals surface area contributed by atoms with E-state index in [0.29, 0.717) is 13.1 Å². The molecule has 0 bridgehead atoms. The molecule has 0 aliphatic heterocycles. The quantitative estimate of drug-likeness (QED) is 0.845. The van der Waals surface area contributed by atoms with Gasteiger partial charge in [0.15, 0.2) is 0 Å². The Morgan fingerprint density at radius 3 is 2.60 bits per heavy atom. The summed E-state index contributed by atoms with van der Waals surface area (Å²) in [6, 6.07) is 12.6. The molecule has 2 rings (SSSR count). The van der Waals surface area contributed by atoms with E-state index in [1.165, 1.54) is 24.3 Å². The Morgan fingerprint density at radius 2 is 1.95 bits per heavy atom. The highest BCUT2D eigenvalue weighted by molar-refractivity contribution is 5.47. The van der Waals surface area contributed by atoms with Crippen LogP contribution in [-0.4, -0.2) is 6.54 Å². The van der Waals surface area contributed by atoms with Gasteiger partial charge >= 0.3 is 0 Å². The third-order valence-electron chi connectivity index (χ3n) is 3.08. The highest BCUT2D eigenvalue weighted by Crippen LogP contribution is 2.19. The molecule has 2 nitrogen and oxygen atoms in total. The third kappa shape index (κ3) is 3.12. The van der Waals surface area contributed by atoms with Crippen molar-refractivity contribution in [2.75, 3.05) is 11.4 Å². The molecule has 0 saturated heterocycles. The van der Waals surface area contributed by atoms with Crippen LogP contribution in [0.25, 0.3) is 0 Å². The number of rotatable bonds is 4. The largest absolute Gasteiger partial charge is 0.367 e. The maximum Gasteiger partial charge on any atom is 0.140 e. The molecule has 102 valence electrons. The van der Waals surface area contributed by atoms with E-state index in [0.717, 1.165) is 11.3 Å². The lowest BCUT2D eigenvalue weighted by atomic mass is 10.1. The molecular weight excluding hydrogens is 258 g/mol. The van der Waals surface area contributed by atoms with Gasteiger partial charge in [-0.2, -0.15) is 5.26 Å². The van der Waals surface area contributed by atoms with Crippen LogP contribution >= 0.6 is 0 Å². The maximum absolute atomic E-state index is 13.3. The van der Waals surface area contributed by atoms with Gasteiger partial charge < -0.3 is 4.90 Å². The van der Waals surface area contributed by atoms with Crippen molar-refractivity contribution < 1.29 is 8.78 Å². The standard InChI is InChI=1S/C16H14F2N2/c1-2-20(15-5-3-4-14(17)9-15)11-12-6-7-16(18)13(8-12)10-19/h3-9H,2,11H2,1H3. The van der Waals surface area contributed by atoms with Crippen LogP contribution in [-0.2, 0) is 6.54 Å². The Morgan fingerprint density at radius 1 is 1.15 bits per heavy atom. The zero-order valence-electron chi connectivity index (χ0n) is 11.1. The van der Waals surface area contributed by atoms with Crippen LogP contribution in [0.2, 0.25) is 0 Å². The lowest BCUT2D eigenvalue weighted by Gasteiger charge is -2.23. The maximum atomic E-state index is 13.3. The summed E-state index contributed by atoms with van der Waals surface area (Å²) in [5.74, 6) is -0.817. The molecule has 2 aromatic rings. The fourth-order valence-corrected chi connectivity index (χ4v) is 2.04. The van der Waals surface area contributed by atoms with E-state index in [1.807, 2.05) is 24.0 Å². The Hall–Kier alpha value is -2.41. The van der Waals surface area contributed by atoms with E-state index < -0.39 is 5.82 Å². The molecule has 0 heterocycles. The highest BCUT2D eigenvalue weighted by atomic mass is 19.1. The zero-order valence-corrected chi connectivity index (χ0v) is 11.1. The first-order valence-electron chi connectivity index (χ1n) is 6.33. The van der Waals surface area contributed by atoms with Crippen molar-refractivity contribution in [1.29, 1.82) is 5.26 Å². The Labute approximate surface area is 116 Å². The lowest BCUT2D eigenvalue weighted by Crippen LogP contribution is -2.22. The van der Waals surface area contributed by atoms with Crippen molar-refractivity contribution in [2.24, 2.45) is 0 Å². The summed E-state index contributed by atoms with van der Waals surface area (Å²) in [6.07, 6.45) is 0. The Kier molecular flexibility index (Phi) is 4.31. The molecular formula is C16H14F2N2. The van der Waals surface area contributed by atoms with E-state index in [4.69, 9.17) is 5.26 Å². The molecule has 0 aliphatic carbocycles. The van der Waals surface area contributed by atoms with Crippen LogP contribution in [0.4, 0.5) is 14.5 Å². The number of nitrogens with zero attached hydrogens (tertiary/aromatic N) is 2. The van der Waals surface area contributed by atoms with Crippen molar-refractivity contribution in [2.45, 2.75) is 13.5 Å². The minimum atomic E-state index is -0.523. The minimum Gasteiger partial charge on any atom is -0.367 e. The summed E-state index contributed by atoms with van der Waals surface area (Å²) in [4.78, 5) is 1.96. The van der Waals surface area contributed by atoms with E-state index in [1.54, 1.807) is 12.1 Å². The fourth-order valence-electron chi connectivity index (χ4n) is 2.04. The van der Waals surface area contributed by atoms with Crippen LogP contribution < -0.4 is 4.90 Å². The van der Waals surface area contributed by atoms with Crippen LogP contribution in [0.5, 0.6) is 0 Å². The van der Waals surface area contributed by atoms with Crippen molar-refractivity contribution in [3.05, 3.63) is 65.2 Å². The van der Waals surface area contributed by atoms with Gasteiger partial charge in [-0.3, -0.25) is 0 Å². The second-order valence-corrected chi connectivity index (χ2v) is 4.42. The summed E-state index contributed by atoms with van der Waals surface area (Å²) in [7, 11) is 0. The average molecular weight is 272 g/mol. The summed E-state index contributed by atoms with van der Waals surface area (Å²) < 4.78 is 26.5. The van der Waals surface area contributed by atoms with E-state index in [-0.39, 0.29) is 11.4 Å². The Bertz CT molecular complexity index is 647. The molecule has 0 unspecified atom stereocenters. The van der Waals surface area contributed by atoms with E-state index >= 15 is 0 Å². The molecule has 0 amide bonds. The van der Waals surface area contributed by atoms with Gasteiger partial charge in [0.05, 0.1) is 5.56 Å². The van der Waals surface area contributed by atoms with Crippen molar-refractivity contribution in [1.82, 2.24) is 0 Å². The molecule has 20 heavy (non-hydrogen) atoms. The van der Waals surface area contributed by atoms with Gasteiger partial charge in [0.1, 0.15) is 17.7 Å². The van der Waals surface area contributed by atoms with Gasteiger partial charge in [-0.1, -0.05) is 12.1 Å². The first-order chi connectivity index (χ1) is 9.63. The molecule has 0 aliphatic rings. The Balaban J connectivity index is 2.25. The number of anilines is 1. The predicted octanol–water partition coefficient (Wildman–Crippen LogP) is 3.86. The normalized spacial score (nSPS) is 10.1. The first-order valence-corrected chi connectivity index (χ1v) is 6.33. The van der Waals surface area contributed by atoms with Crippen LogP contribution in [0.1, 0.15) is 18.1 Å². The number of nitriles is 1.